The van der Waals surface area contributed by atoms with E-state index in [9.17, 15) is 4.79 Å². The Bertz CT molecular complexity index is 404. The fourth-order valence-corrected chi connectivity index (χ4v) is 1.71. The summed E-state index contributed by atoms with van der Waals surface area (Å²) in [5.41, 5.74) is 8.90. The molecule has 0 aliphatic heterocycles. The summed E-state index contributed by atoms with van der Waals surface area (Å²) in [7, 11) is 0. The summed E-state index contributed by atoms with van der Waals surface area (Å²) >= 11 is 0. The molecule has 0 unspecified atom stereocenters. The van der Waals surface area contributed by atoms with Gasteiger partial charge < -0.3 is 5.73 Å². The molecule has 1 aliphatic carbocycles. The van der Waals surface area contributed by atoms with Crippen molar-refractivity contribution in [3.05, 3.63) is 41.0 Å². The van der Waals surface area contributed by atoms with Gasteiger partial charge in [-0.05, 0) is 6.42 Å². The van der Waals surface area contributed by atoms with Crippen LogP contribution in [0, 0.1) is 0 Å². The van der Waals surface area contributed by atoms with E-state index in [-0.39, 0.29) is 5.78 Å². The van der Waals surface area contributed by atoms with Gasteiger partial charge in [-0.3, -0.25) is 4.79 Å². The van der Waals surface area contributed by atoms with Gasteiger partial charge in [0.1, 0.15) is 0 Å². The number of hydrogen-bond acceptors (Lipinski definition) is 2. The number of carbonyl (C=O) groups excluding carboxylic acids is 1. The van der Waals surface area contributed by atoms with E-state index in [1.54, 1.807) is 0 Å². The molecule has 2 N–H and O–H groups in total. The Labute approximate surface area is 77.1 Å². The van der Waals surface area contributed by atoms with Crippen LogP contribution in [0.25, 0.3) is 5.70 Å². The van der Waals surface area contributed by atoms with Crippen molar-refractivity contribution < 1.29 is 4.79 Å². The van der Waals surface area contributed by atoms with Crippen LogP contribution >= 0.6 is 0 Å². The van der Waals surface area contributed by atoms with Gasteiger partial charge in [0.2, 0.25) is 0 Å². The highest BCUT2D eigenvalue weighted by atomic mass is 16.1. The summed E-state index contributed by atoms with van der Waals surface area (Å²) in [6, 6.07) is 7.48. The van der Waals surface area contributed by atoms with Gasteiger partial charge in [0.15, 0.2) is 5.78 Å². The maximum atomic E-state index is 11.7. The average Bonchev–Trinajstić information content (AvgIpc) is 2.41. The minimum absolute atomic E-state index is 0.0931. The highest BCUT2D eigenvalue weighted by Crippen LogP contribution is 2.30. The summed E-state index contributed by atoms with van der Waals surface area (Å²) < 4.78 is 0. The van der Waals surface area contributed by atoms with E-state index in [0.29, 0.717) is 12.1 Å². The van der Waals surface area contributed by atoms with Crippen LogP contribution < -0.4 is 5.73 Å². The summed E-state index contributed by atoms with van der Waals surface area (Å²) in [6.45, 7) is 1.95. The molecule has 0 heterocycles. The van der Waals surface area contributed by atoms with Crippen LogP contribution in [0.5, 0.6) is 0 Å². The van der Waals surface area contributed by atoms with Crippen LogP contribution in [-0.4, -0.2) is 5.78 Å². The molecule has 1 aliphatic rings. The second kappa shape index (κ2) is 2.73. The van der Waals surface area contributed by atoms with Gasteiger partial charge in [-0.1, -0.05) is 31.2 Å². The maximum absolute atomic E-state index is 11.7. The van der Waals surface area contributed by atoms with Crippen molar-refractivity contribution in [1.82, 2.24) is 0 Å². The van der Waals surface area contributed by atoms with Crippen molar-refractivity contribution in [3.63, 3.8) is 0 Å². The Hall–Kier alpha value is -1.57. The Morgan fingerprint density at radius 2 is 1.85 bits per heavy atom. The molecule has 66 valence electrons. The van der Waals surface area contributed by atoms with E-state index < -0.39 is 0 Å². The third kappa shape index (κ3) is 0.985. The van der Waals surface area contributed by atoms with Gasteiger partial charge in [-0.25, -0.2) is 0 Å². The molecular weight excluding hydrogens is 162 g/mol. The van der Waals surface area contributed by atoms with Crippen LogP contribution in [0.3, 0.4) is 0 Å². The zero-order chi connectivity index (χ0) is 9.42. The van der Waals surface area contributed by atoms with Crippen molar-refractivity contribution in [2.24, 2.45) is 5.73 Å². The molecule has 0 saturated heterocycles. The predicted octanol–water partition coefficient (Wildman–Crippen LogP) is 1.96. The molecule has 2 heteroatoms. The molecule has 0 saturated carbocycles. The molecule has 2 nitrogen and oxygen atoms in total. The zero-order valence-electron chi connectivity index (χ0n) is 7.50. The van der Waals surface area contributed by atoms with Crippen molar-refractivity contribution in [2.45, 2.75) is 13.3 Å². The SMILES string of the molecule is CCC1=C(N)c2ccccc2C1=O. The zero-order valence-corrected chi connectivity index (χ0v) is 7.50. The lowest BCUT2D eigenvalue weighted by Crippen LogP contribution is -1.98. The number of benzene rings is 1. The van der Waals surface area contributed by atoms with Crippen LogP contribution in [0.1, 0.15) is 29.3 Å². The van der Waals surface area contributed by atoms with Crippen molar-refractivity contribution in [3.8, 4) is 0 Å². The Balaban J connectivity index is 2.65. The lowest BCUT2D eigenvalue weighted by Gasteiger charge is -1.96. The van der Waals surface area contributed by atoms with Gasteiger partial charge in [-0.2, -0.15) is 0 Å². The third-order valence-electron chi connectivity index (χ3n) is 2.41. The van der Waals surface area contributed by atoms with Gasteiger partial charge in [0.25, 0.3) is 0 Å². The Morgan fingerprint density at radius 1 is 1.23 bits per heavy atom. The first-order valence-corrected chi connectivity index (χ1v) is 4.38. The average molecular weight is 173 g/mol. The normalized spacial score (nSPS) is 15.0. The van der Waals surface area contributed by atoms with Gasteiger partial charge in [0, 0.05) is 22.4 Å². The fraction of sp³-hybridized carbons (Fsp3) is 0.182. The van der Waals surface area contributed by atoms with Crippen LogP contribution in [0.15, 0.2) is 29.8 Å². The number of allylic oxidation sites excluding steroid dienone is 1. The molecule has 0 radical (unpaired) electrons. The number of carbonyl (C=O) groups is 1. The molecule has 0 fully saturated rings. The monoisotopic (exact) mass is 173 g/mol. The van der Waals surface area contributed by atoms with Crippen LogP contribution in [0.4, 0.5) is 0 Å². The highest BCUT2D eigenvalue weighted by Gasteiger charge is 2.25. The van der Waals surface area contributed by atoms with E-state index in [0.717, 1.165) is 16.7 Å². The lowest BCUT2D eigenvalue weighted by molar-refractivity contribution is 0.103. The molecular formula is C11H11NO. The van der Waals surface area contributed by atoms with E-state index in [1.165, 1.54) is 0 Å². The number of nitrogens with two attached hydrogens (primary N) is 1. The molecule has 0 bridgehead atoms. The summed E-state index contributed by atoms with van der Waals surface area (Å²) in [4.78, 5) is 11.7. The number of rotatable bonds is 1. The Morgan fingerprint density at radius 3 is 2.38 bits per heavy atom. The molecule has 1 aromatic rings. The standard InChI is InChI=1S/C11H11NO/c1-2-7-10(12)8-5-3-4-6-9(8)11(7)13/h3-6H,2,12H2,1H3. The molecule has 0 spiro atoms. The minimum atomic E-state index is 0.0931. The molecule has 13 heavy (non-hydrogen) atoms. The number of fused-ring (bicyclic) bond motifs is 1. The van der Waals surface area contributed by atoms with Crippen molar-refractivity contribution in [2.75, 3.05) is 0 Å². The second-order valence-electron chi connectivity index (χ2n) is 3.12. The van der Waals surface area contributed by atoms with Gasteiger partial charge >= 0.3 is 0 Å². The Kier molecular flexibility index (Phi) is 1.69. The molecule has 0 amide bonds. The largest absolute Gasteiger partial charge is 0.398 e. The molecule has 2 rings (SSSR count). The van der Waals surface area contributed by atoms with Gasteiger partial charge in [-0.15, -0.1) is 0 Å². The molecule has 1 aromatic carbocycles. The summed E-state index contributed by atoms with van der Waals surface area (Å²) in [6.07, 6.45) is 0.708. The van der Waals surface area contributed by atoms with E-state index in [1.807, 2.05) is 31.2 Å². The smallest absolute Gasteiger partial charge is 0.191 e. The van der Waals surface area contributed by atoms with Crippen LogP contribution in [-0.2, 0) is 0 Å². The van der Waals surface area contributed by atoms with Gasteiger partial charge in [0.05, 0.1) is 0 Å². The number of hydrogen-bond donors (Lipinski definition) is 1. The third-order valence-corrected chi connectivity index (χ3v) is 2.41. The van der Waals surface area contributed by atoms with E-state index >= 15 is 0 Å². The van der Waals surface area contributed by atoms with Crippen LogP contribution in [0.2, 0.25) is 0 Å². The first kappa shape index (κ1) is 8.05. The summed E-state index contributed by atoms with van der Waals surface area (Å²) in [5.74, 6) is 0.0931. The maximum Gasteiger partial charge on any atom is 0.191 e. The molecule has 0 atom stereocenters. The van der Waals surface area contributed by atoms with E-state index in [2.05, 4.69) is 0 Å². The van der Waals surface area contributed by atoms with Crippen molar-refractivity contribution in [1.29, 1.82) is 0 Å². The first-order chi connectivity index (χ1) is 6.25. The highest BCUT2D eigenvalue weighted by molar-refractivity contribution is 6.20. The number of ketones is 1. The first-order valence-electron chi connectivity index (χ1n) is 4.38. The quantitative estimate of drug-likeness (QED) is 0.705. The second-order valence-corrected chi connectivity index (χ2v) is 3.12. The predicted molar refractivity (Wildman–Crippen MR) is 52.2 cm³/mol. The van der Waals surface area contributed by atoms with Crippen molar-refractivity contribution >= 4 is 11.5 Å². The fourth-order valence-electron chi connectivity index (χ4n) is 1.71. The molecule has 0 aromatic heterocycles. The lowest BCUT2D eigenvalue weighted by atomic mass is 10.1. The number of Topliss-reactive ketones (excluding diaryl/α,β-unsaturated/α-hetero) is 1. The topological polar surface area (TPSA) is 43.1 Å². The minimum Gasteiger partial charge on any atom is -0.398 e. The van der Waals surface area contributed by atoms with E-state index in [4.69, 9.17) is 5.73 Å². The summed E-state index contributed by atoms with van der Waals surface area (Å²) in [5, 5.41) is 0.